The Hall–Kier alpha value is -0.610. The van der Waals surface area contributed by atoms with Crippen LogP contribution in [-0.4, -0.2) is 42.5 Å². The molecule has 1 amide bonds. The fourth-order valence-electron chi connectivity index (χ4n) is 2.03. The van der Waals surface area contributed by atoms with Gasteiger partial charge in [-0.25, -0.2) is 0 Å². The molecule has 0 saturated heterocycles. The summed E-state index contributed by atoms with van der Waals surface area (Å²) >= 11 is 0. The fourth-order valence-corrected chi connectivity index (χ4v) is 2.03. The molecule has 0 aromatic rings. The number of rotatable bonds is 10. The molecule has 0 fully saturated rings. The fraction of sp³-hybridized carbons (Fsp3) is 0.929. The molecule has 18 heavy (non-hydrogen) atoms. The molecule has 0 heterocycles. The van der Waals surface area contributed by atoms with Crippen LogP contribution in [0.4, 0.5) is 0 Å². The molecule has 4 nitrogen and oxygen atoms in total. The molecule has 4 heteroatoms. The lowest BCUT2D eigenvalue weighted by molar-refractivity contribution is -0.123. The van der Waals surface area contributed by atoms with Crippen LogP contribution in [0, 0.1) is 0 Å². The van der Waals surface area contributed by atoms with Crippen LogP contribution in [0.15, 0.2) is 0 Å². The normalized spacial score (nSPS) is 14.6. The summed E-state index contributed by atoms with van der Waals surface area (Å²) in [5, 5.41) is 2.99. The summed E-state index contributed by atoms with van der Waals surface area (Å²) in [4.78, 5) is 14.1. The van der Waals surface area contributed by atoms with Gasteiger partial charge in [-0.3, -0.25) is 4.79 Å². The molecular formula is C14H31N3O. The van der Waals surface area contributed by atoms with Crippen LogP contribution in [0.2, 0.25) is 0 Å². The number of nitrogens with one attached hydrogen (secondary N) is 1. The van der Waals surface area contributed by atoms with E-state index in [9.17, 15) is 4.79 Å². The SMILES string of the molecule is CCC[C@@H](N)C(=O)NC(C)CCCN(CC)CC. The molecule has 1 unspecified atom stereocenters. The number of hydrogen-bond donors (Lipinski definition) is 2. The summed E-state index contributed by atoms with van der Waals surface area (Å²) in [6.07, 6.45) is 3.84. The zero-order chi connectivity index (χ0) is 14.0. The van der Waals surface area contributed by atoms with E-state index in [0.29, 0.717) is 0 Å². The minimum atomic E-state index is -0.347. The third kappa shape index (κ3) is 7.67. The van der Waals surface area contributed by atoms with E-state index >= 15 is 0 Å². The molecule has 2 atom stereocenters. The summed E-state index contributed by atoms with van der Waals surface area (Å²) in [5.74, 6) is -0.00723. The van der Waals surface area contributed by atoms with Gasteiger partial charge in [-0.1, -0.05) is 27.2 Å². The van der Waals surface area contributed by atoms with Crippen molar-refractivity contribution in [1.29, 1.82) is 0 Å². The second-order valence-corrected chi connectivity index (χ2v) is 4.97. The van der Waals surface area contributed by atoms with Crippen LogP contribution >= 0.6 is 0 Å². The molecule has 0 spiro atoms. The molecule has 108 valence electrons. The number of carbonyl (C=O) groups is 1. The molecule has 0 aliphatic carbocycles. The minimum Gasteiger partial charge on any atom is -0.352 e. The molecule has 0 rings (SSSR count). The van der Waals surface area contributed by atoms with E-state index in [2.05, 4.69) is 31.0 Å². The van der Waals surface area contributed by atoms with Crippen molar-refractivity contribution in [2.75, 3.05) is 19.6 Å². The smallest absolute Gasteiger partial charge is 0.237 e. The van der Waals surface area contributed by atoms with Gasteiger partial charge in [0.25, 0.3) is 0 Å². The molecule has 0 bridgehead atoms. The first-order chi connectivity index (χ1) is 8.54. The van der Waals surface area contributed by atoms with Crippen LogP contribution in [0.5, 0.6) is 0 Å². The van der Waals surface area contributed by atoms with Crippen molar-refractivity contribution in [3.8, 4) is 0 Å². The molecule has 0 aromatic heterocycles. The van der Waals surface area contributed by atoms with E-state index in [-0.39, 0.29) is 18.0 Å². The Bertz CT molecular complexity index is 217. The molecule has 0 aliphatic heterocycles. The molecule has 0 aliphatic rings. The number of nitrogens with two attached hydrogens (primary N) is 1. The number of nitrogens with zero attached hydrogens (tertiary/aromatic N) is 1. The van der Waals surface area contributed by atoms with Gasteiger partial charge in [0.05, 0.1) is 6.04 Å². The second kappa shape index (κ2) is 10.3. The lowest BCUT2D eigenvalue weighted by atomic mass is 10.1. The predicted molar refractivity (Wildman–Crippen MR) is 77.5 cm³/mol. The third-order valence-corrected chi connectivity index (χ3v) is 3.33. The largest absolute Gasteiger partial charge is 0.352 e. The zero-order valence-electron chi connectivity index (χ0n) is 12.5. The standard InChI is InChI=1S/C14H31N3O/c1-5-9-13(15)14(18)16-12(4)10-8-11-17(6-2)7-3/h12-13H,5-11,15H2,1-4H3,(H,16,18)/t12?,13-/m1/s1. The molecule has 3 N–H and O–H groups in total. The third-order valence-electron chi connectivity index (χ3n) is 3.33. The van der Waals surface area contributed by atoms with Crippen molar-refractivity contribution < 1.29 is 4.79 Å². The highest BCUT2D eigenvalue weighted by Gasteiger charge is 2.14. The first kappa shape index (κ1) is 17.4. The van der Waals surface area contributed by atoms with Gasteiger partial charge in [0.2, 0.25) is 5.91 Å². The van der Waals surface area contributed by atoms with Crippen LogP contribution in [0.3, 0.4) is 0 Å². The average molecular weight is 257 g/mol. The Morgan fingerprint density at radius 3 is 2.33 bits per heavy atom. The number of hydrogen-bond acceptors (Lipinski definition) is 3. The highest BCUT2D eigenvalue weighted by atomic mass is 16.2. The van der Waals surface area contributed by atoms with E-state index in [4.69, 9.17) is 5.73 Å². The van der Waals surface area contributed by atoms with E-state index in [1.165, 1.54) is 0 Å². The maximum absolute atomic E-state index is 11.7. The number of amides is 1. The molecule has 0 aromatic carbocycles. The van der Waals surface area contributed by atoms with Gasteiger partial charge >= 0.3 is 0 Å². The van der Waals surface area contributed by atoms with Crippen LogP contribution in [0.25, 0.3) is 0 Å². The lowest BCUT2D eigenvalue weighted by Gasteiger charge is -2.20. The summed E-state index contributed by atoms with van der Waals surface area (Å²) < 4.78 is 0. The van der Waals surface area contributed by atoms with E-state index in [0.717, 1.165) is 45.3 Å². The quantitative estimate of drug-likeness (QED) is 0.627. The van der Waals surface area contributed by atoms with Crippen molar-refractivity contribution in [2.45, 2.75) is 65.5 Å². The molecule has 0 radical (unpaired) electrons. The number of carbonyl (C=O) groups excluding carboxylic acids is 1. The first-order valence-corrected chi connectivity index (χ1v) is 7.33. The maximum Gasteiger partial charge on any atom is 0.237 e. The van der Waals surface area contributed by atoms with Crippen molar-refractivity contribution >= 4 is 5.91 Å². The van der Waals surface area contributed by atoms with E-state index < -0.39 is 0 Å². The monoisotopic (exact) mass is 257 g/mol. The summed E-state index contributed by atoms with van der Waals surface area (Å²) in [6, 6.07) is -0.129. The van der Waals surface area contributed by atoms with Gasteiger partial charge < -0.3 is 16.0 Å². The van der Waals surface area contributed by atoms with Crippen molar-refractivity contribution in [3.63, 3.8) is 0 Å². The van der Waals surface area contributed by atoms with Gasteiger partial charge in [0.1, 0.15) is 0 Å². The van der Waals surface area contributed by atoms with Crippen LogP contribution < -0.4 is 11.1 Å². The van der Waals surface area contributed by atoms with Crippen LogP contribution in [-0.2, 0) is 4.79 Å². The van der Waals surface area contributed by atoms with Gasteiger partial charge in [0, 0.05) is 6.04 Å². The van der Waals surface area contributed by atoms with Crippen molar-refractivity contribution in [1.82, 2.24) is 10.2 Å². The van der Waals surface area contributed by atoms with Crippen molar-refractivity contribution in [2.24, 2.45) is 5.73 Å². The van der Waals surface area contributed by atoms with Gasteiger partial charge in [-0.2, -0.15) is 0 Å². The summed E-state index contributed by atoms with van der Waals surface area (Å²) in [5.41, 5.74) is 5.78. The van der Waals surface area contributed by atoms with Gasteiger partial charge in [-0.15, -0.1) is 0 Å². The van der Waals surface area contributed by atoms with E-state index in [1.54, 1.807) is 0 Å². The maximum atomic E-state index is 11.7. The Morgan fingerprint density at radius 1 is 1.22 bits per heavy atom. The van der Waals surface area contributed by atoms with Crippen molar-refractivity contribution in [3.05, 3.63) is 0 Å². The summed E-state index contributed by atoms with van der Waals surface area (Å²) in [6.45, 7) is 11.8. The highest BCUT2D eigenvalue weighted by molar-refractivity contribution is 5.81. The van der Waals surface area contributed by atoms with Gasteiger partial charge in [-0.05, 0) is 45.8 Å². The zero-order valence-corrected chi connectivity index (χ0v) is 12.5. The Kier molecular flexibility index (Phi) is 9.98. The average Bonchev–Trinajstić information content (AvgIpc) is 2.34. The molecular weight excluding hydrogens is 226 g/mol. The van der Waals surface area contributed by atoms with E-state index in [1.807, 2.05) is 6.92 Å². The predicted octanol–water partition coefficient (Wildman–Crippen LogP) is 1.74. The lowest BCUT2D eigenvalue weighted by Crippen LogP contribution is -2.44. The first-order valence-electron chi connectivity index (χ1n) is 7.33. The second-order valence-electron chi connectivity index (χ2n) is 4.97. The Balaban J connectivity index is 3.76. The van der Waals surface area contributed by atoms with Crippen LogP contribution in [0.1, 0.15) is 53.4 Å². The minimum absolute atomic E-state index is 0.00723. The Labute approximate surface area is 112 Å². The Morgan fingerprint density at radius 2 is 1.83 bits per heavy atom. The van der Waals surface area contributed by atoms with Gasteiger partial charge in [0.15, 0.2) is 0 Å². The molecule has 0 saturated carbocycles. The highest BCUT2D eigenvalue weighted by Crippen LogP contribution is 2.01. The topological polar surface area (TPSA) is 58.4 Å². The summed E-state index contributed by atoms with van der Waals surface area (Å²) in [7, 11) is 0.